The maximum absolute atomic E-state index is 8.60. The molecule has 16 heavy (non-hydrogen) atoms. The molecule has 0 saturated carbocycles. The molecule has 1 aliphatic rings. The first-order valence-electron chi connectivity index (χ1n) is 5.18. The summed E-state index contributed by atoms with van der Waals surface area (Å²) in [6.07, 6.45) is 7.31. The first-order chi connectivity index (χ1) is 7.85. The van der Waals surface area contributed by atoms with Crippen molar-refractivity contribution in [2.45, 2.75) is 25.3 Å². The third kappa shape index (κ3) is 2.39. The Hall–Kier alpha value is -0.990. The van der Waals surface area contributed by atoms with Crippen LogP contribution in [0, 0.1) is 11.5 Å². The largest absolute Gasteiger partial charge is 0.272 e. The summed E-state index contributed by atoms with van der Waals surface area (Å²) >= 11 is 3.30. The number of aryl methyl sites for hydroxylation is 1. The predicted molar refractivity (Wildman–Crippen MR) is 69.7 cm³/mol. The maximum Gasteiger partial charge on any atom is 0.183 e. The average Bonchev–Trinajstić information content (AvgIpc) is 2.77. The summed E-state index contributed by atoms with van der Waals surface area (Å²) in [4.78, 5) is 6.07. The monoisotopic (exact) mass is 251 g/mol. The standard InChI is InChI=1S/C11H13N3S2/c1-15-11(13-7-12)14-9-3-2-4-10-8(9)5-6-16-10/h5-6,9H,2-4H2,1H3,(H,13,14). The number of amidine groups is 1. The van der Waals surface area contributed by atoms with Crippen LogP contribution in [0.4, 0.5) is 0 Å². The highest BCUT2D eigenvalue weighted by molar-refractivity contribution is 8.13. The Bertz CT molecular complexity index is 431. The summed E-state index contributed by atoms with van der Waals surface area (Å²) in [7, 11) is 0. The van der Waals surface area contributed by atoms with Gasteiger partial charge >= 0.3 is 0 Å². The van der Waals surface area contributed by atoms with Gasteiger partial charge in [0.1, 0.15) is 0 Å². The second-order valence-corrected chi connectivity index (χ2v) is 5.38. The molecule has 0 saturated heterocycles. The molecule has 1 heterocycles. The van der Waals surface area contributed by atoms with Crippen molar-refractivity contribution in [3.8, 4) is 6.19 Å². The third-order valence-electron chi connectivity index (χ3n) is 2.65. The molecular weight excluding hydrogens is 238 g/mol. The second kappa shape index (κ2) is 5.37. The van der Waals surface area contributed by atoms with E-state index in [1.54, 1.807) is 0 Å². The Morgan fingerprint density at radius 1 is 1.75 bits per heavy atom. The predicted octanol–water partition coefficient (Wildman–Crippen LogP) is 2.92. The van der Waals surface area contributed by atoms with Crippen molar-refractivity contribution < 1.29 is 0 Å². The molecule has 3 nitrogen and oxygen atoms in total. The molecule has 2 rings (SSSR count). The average molecular weight is 251 g/mol. The smallest absolute Gasteiger partial charge is 0.183 e. The number of nitrogens with zero attached hydrogens (tertiary/aromatic N) is 2. The van der Waals surface area contributed by atoms with Crippen molar-refractivity contribution in [2.24, 2.45) is 4.99 Å². The quantitative estimate of drug-likeness (QED) is 0.361. The minimum Gasteiger partial charge on any atom is -0.272 e. The van der Waals surface area contributed by atoms with Gasteiger partial charge in [-0.05, 0) is 42.5 Å². The minimum atomic E-state index is 0.235. The Morgan fingerprint density at radius 2 is 2.62 bits per heavy atom. The molecule has 1 N–H and O–H groups in total. The van der Waals surface area contributed by atoms with Gasteiger partial charge in [-0.25, -0.2) is 0 Å². The second-order valence-electron chi connectivity index (χ2n) is 3.58. The lowest BCUT2D eigenvalue weighted by Crippen LogP contribution is -2.16. The van der Waals surface area contributed by atoms with E-state index in [1.807, 2.05) is 23.8 Å². The number of thioether (sulfide) groups is 1. The molecule has 0 bridgehead atoms. The molecule has 84 valence electrons. The van der Waals surface area contributed by atoms with Crippen LogP contribution in [0.5, 0.6) is 0 Å². The van der Waals surface area contributed by atoms with E-state index >= 15 is 0 Å². The van der Waals surface area contributed by atoms with Gasteiger partial charge in [0.2, 0.25) is 0 Å². The fraction of sp³-hybridized carbons (Fsp3) is 0.455. The summed E-state index contributed by atoms with van der Waals surface area (Å²) < 4.78 is 0. The molecule has 5 heteroatoms. The highest BCUT2D eigenvalue weighted by Crippen LogP contribution is 2.36. The van der Waals surface area contributed by atoms with Gasteiger partial charge in [0.25, 0.3) is 0 Å². The molecule has 1 aliphatic carbocycles. The molecule has 0 radical (unpaired) electrons. The topological polar surface area (TPSA) is 48.2 Å². The number of hydrogen-bond donors (Lipinski definition) is 1. The van der Waals surface area contributed by atoms with Crippen LogP contribution >= 0.6 is 23.1 Å². The highest BCUT2D eigenvalue weighted by atomic mass is 32.2. The number of nitrogens with one attached hydrogen (secondary N) is 1. The lowest BCUT2D eigenvalue weighted by Gasteiger charge is -2.19. The first kappa shape index (κ1) is 11.5. The molecule has 1 aromatic heterocycles. The fourth-order valence-electron chi connectivity index (χ4n) is 1.92. The van der Waals surface area contributed by atoms with E-state index in [0.29, 0.717) is 5.17 Å². The maximum atomic E-state index is 8.60. The number of hydrogen-bond acceptors (Lipinski definition) is 4. The number of fused-ring (bicyclic) bond motifs is 1. The number of thiophene rings is 1. The van der Waals surface area contributed by atoms with Gasteiger partial charge in [0, 0.05) is 4.88 Å². The van der Waals surface area contributed by atoms with Gasteiger partial charge in [-0.2, -0.15) is 5.26 Å². The van der Waals surface area contributed by atoms with Crippen LogP contribution < -0.4 is 5.32 Å². The molecule has 0 amide bonds. The number of nitriles is 1. The van der Waals surface area contributed by atoms with Gasteiger partial charge < -0.3 is 0 Å². The van der Waals surface area contributed by atoms with E-state index in [-0.39, 0.29) is 6.04 Å². The van der Waals surface area contributed by atoms with E-state index in [1.165, 1.54) is 35.0 Å². The third-order valence-corrected chi connectivity index (χ3v) is 4.24. The SMILES string of the molecule is CSC(=NC1CCCc2sccc21)NC#N. The first-order valence-corrected chi connectivity index (χ1v) is 7.28. The van der Waals surface area contributed by atoms with E-state index in [0.717, 1.165) is 6.42 Å². The van der Waals surface area contributed by atoms with Crippen molar-refractivity contribution in [1.29, 1.82) is 5.26 Å². The molecule has 0 spiro atoms. The van der Waals surface area contributed by atoms with Crippen molar-refractivity contribution >= 4 is 28.3 Å². The normalized spacial score (nSPS) is 20.0. The zero-order chi connectivity index (χ0) is 11.4. The van der Waals surface area contributed by atoms with Gasteiger partial charge in [-0.3, -0.25) is 10.3 Å². The van der Waals surface area contributed by atoms with E-state index in [4.69, 9.17) is 5.26 Å². The summed E-state index contributed by atoms with van der Waals surface area (Å²) in [6, 6.07) is 2.40. The van der Waals surface area contributed by atoms with Crippen molar-refractivity contribution in [3.05, 3.63) is 21.9 Å². The van der Waals surface area contributed by atoms with Crippen LogP contribution in [0.25, 0.3) is 0 Å². The number of rotatable bonds is 1. The minimum absolute atomic E-state index is 0.235. The number of aliphatic imine (C=N–C) groups is 1. The zero-order valence-corrected chi connectivity index (χ0v) is 10.7. The molecule has 0 aliphatic heterocycles. The Morgan fingerprint density at radius 3 is 3.38 bits per heavy atom. The van der Waals surface area contributed by atoms with Gasteiger partial charge in [-0.15, -0.1) is 11.3 Å². The van der Waals surface area contributed by atoms with E-state index in [9.17, 15) is 0 Å². The molecule has 0 aromatic carbocycles. The van der Waals surface area contributed by atoms with Crippen molar-refractivity contribution in [3.63, 3.8) is 0 Å². The van der Waals surface area contributed by atoms with Crippen molar-refractivity contribution in [2.75, 3.05) is 6.26 Å². The van der Waals surface area contributed by atoms with E-state index in [2.05, 4.69) is 21.8 Å². The van der Waals surface area contributed by atoms with Gasteiger partial charge in [0.15, 0.2) is 11.4 Å². The summed E-state index contributed by atoms with van der Waals surface area (Å²) in [5, 5.41) is 14.1. The highest BCUT2D eigenvalue weighted by Gasteiger charge is 2.20. The summed E-state index contributed by atoms with van der Waals surface area (Å²) in [6.45, 7) is 0. The Balaban J connectivity index is 2.21. The summed E-state index contributed by atoms with van der Waals surface area (Å²) in [5.74, 6) is 0. The molecule has 1 atom stereocenters. The lowest BCUT2D eigenvalue weighted by atomic mass is 9.95. The van der Waals surface area contributed by atoms with Crippen LogP contribution in [0.2, 0.25) is 0 Å². The van der Waals surface area contributed by atoms with Gasteiger partial charge in [-0.1, -0.05) is 11.8 Å². The lowest BCUT2D eigenvalue weighted by molar-refractivity contribution is 0.580. The molecule has 1 unspecified atom stereocenters. The Kier molecular flexibility index (Phi) is 3.86. The molecular formula is C11H13N3S2. The fourth-order valence-corrected chi connectivity index (χ4v) is 3.28. The van der Waals surface area contributed by atoms with Crippen LogP contribution in [0.15, 0.2) is 16.4 Å². The van der Waals surface area contributed by atoms with Crippen LogP contribution in [0.1, 0.15) is 29.3 Å². The van der Waals surface area contributed by atoms with Crippen molar-refractivity contribution in [1.82, 2.24) is 5.32 Å². The van der Waals surface area contributed by atoms with Crippen LogP contribution in [-0.2, 0) is 6.42 Å². The zero-order valence-electron chi connectivity index (χ0n) is 9.06. The Labute approximate surface area is 104 Å². The summed E-state index contributed by atoms with van der Waals surface area (Å²) in [5.41, 5.74) is 1.35. The van der Waals surface area contributed by atoms with E-state index < -0.39 is 0 Å². The molecule has 0 fully saturated rings. The van der Waals surface area contributed by atoms with Crippen LogP contribution in [0.3, 0.4) is 0 Å². The van der Waals surface area contributed by atoms with Crippen LogP contribution in [-0.4, -0.2) is 11.4 Å². The van der Waals surface area contributed by atoms with Gasteiger partial charge in [0.05, 0.1) is 6.04 Å². The molecule has 1 aromatic rings.